The SMILES string of the molecule is CC(C)NC(=O)O[C@@H]1CC[C@H](c2cnc3c(c2)cc(C2CCS(=O)(=O)CC2)n3COCC[Si](C)(C)C)C1. The Morgan fingerprint density at radius 2 is 1.86 bits per heavy atom. The van der Waals surface area contributed by atoms with Crippen molar-refractivity contribution in [3.8, 4) is 0 Å². The Labute approximate surface area is 222 Å². The molecule has 1 saturated carbocycles. The summed E-state index contributed by atoms with van der Waals surface area (Å²) in [6.45, 7) is 12.0. The van der Waals surface area contributed by atoms with Crippen LogP contribution in [-0.2, 0) is 26.0 Å². The molecule has 4 rings (SSSR count). The molecule has 2 atom stereocenters. The quantitative estimate of drug-likeness (QED) is 0.332. The van der Waals surface area contributed by atoms with Crippen molar-refractivity contribution in [3.05, 3.63) is 29.6 Å². The number of pyridine rings is 1. The smallest absolute Gasteiger partial charge is 0.407 e. The summed E-state index contributed by atoms with van der Waals surface area (Å²) in [6.07, 6.45) is 5.41. The maximum absolute atomic E-state index is 12.1. The Morgan fingerprint density at radius 3 is 2.54 bits per heavy atom. The molecule has 2 fully saturated rings. The summed E-state index contributed by atoms with van der Waals surface area (Å²) < 4.78 is 38.0. The minimum atomic E-state index is -2.93. The zero-order valence-electron chi connectivity index (χ0n) is 23.0. The van der Waals surface area contributed by atoms with Crippen LogP contribution in [0.1, 0.15) is 69.0 Å². The van der Waals surface area contributed by atoms with Gasteiger partial charge in [-0.3, -0.25) is 0 Å². The molecule has 206 valence electrons. The van der Waals surface area contributed by atoms with Crippen molar-refractivity contribution >= 4 is 35.0 Å². The number of hydrogen-bond acceptors (Lipinski definition) is 6. The number of sulfone groups is 1. The first kappa shape index (κ1) is 28.1. The fraction of sp³-hybridized carbons (Fsp3) is 0.704. The van der Waals surface area contributed by atoms with E-state index in [0.717, 1.165) is 54.2 Å². The van der Waals surface area contributed by atoms with Gasteiger partial charge in [0.2, 0.25) is 0 Å². The molecule has 0 spiro atoms. The molecular weight excluding hydrogens is 506 g/mol. The third-order valence-corrected chi connectivity index (χ3v) is 10.9. The summed E-state index contributed by atoms with van der Waals surface area (Å²) in [5.74, 6) is 0.962. The van der Waals surface area contributed by atoms with Crippen molar-refractivity contribution in [1.82, 2.24) is 14.9 Å². The van der Waals surface area contributed by atoms with E-state index < -0.39 is 17.9 Å². The minimum Gasteiger partial charge on any atom is -0.446 e. The molecule has 1 amide bonds. The number of amides is 1. The lowest BCUT2D eigenvalue weighted by Gasteiger charge is -2.24. The predicted octanol–water partition coefficient (Wildman–Crippen LogP) is 5.41. The molecular formula is C27H43N3O5SSi. The fourth-order valence-electron chi connectivity index (χ4n) is 5.37. The van der Waals surface area contributed by atoms with Gasteiger partial charge in [0.15, 0.2) is 0 Å². The van der Waals surface area contributed by atoms with Gasteiger partial charge in [-0.25, -0.2) is 18.2 Å². The van der Waals surface area contributed by atoms with Crippen LogP contribution >= 0.6 is 0 Å². The number of alkyl carbamates (subject to hydrolysis) is 1. The van der Waals surface area contributed by atoms with E-state index in [-0.39, 0.29) is 35.7 Å². The highest BCUT2D eigenvalue weighted by atomic mass is 32.2. The molecule has 2 aromatic heterocycles. The summed E-state index contributed by atoms with van der Waals surface area (Å²) in [5, 5.41) is 3.87. The number of carbonyl (C=O) groups is 1. The number of ether oxygens (including phenoxy) is 2. The fourth-order valence-corrected chi connectivity index (χ4v) is 7.62. The highest BCUT2D eigenvalue weighted by molar-refractivity contribution is 7.91. The molecule has 10 heteroatoms. The molecule has 0 aromatic carbocycles. The molecule has 1 N–H and O–H groups in total. The van der Waals surface area contributed by atoms with Crippen LogP contribution in [0.2, 0.25) is 25.7 Å². The van der Waals surface area contributed by atoms with Crippen LogP contribution in [0.25, 0.3) is 11.0 Å². The summed E-state index contributed by atoms with van der Waals surface area (Å²) in [7, 11) is -4.13. The van der Waals surface area contributed by atoms with Gasteiger partial charge in [0, 0.05) is 43.9 Å². The number of rotatable bonds is 9. The molecule has 1 aliphatic heterocycles. The van der Waals surface area contributed by atoms with E-state index >= 15 is 0 Å². The van der Waals surface area contributed by atoms with Crippen molar-refractivity contribution in [2.45, 2.75) is 102 Å². The highest BCUT2D eigenvalue weighted by Crippen LogP contribution is 2.38. The molecule has 0 bridgehead atoms. The largest absolute Gasteiger partial charge is 0.446 e. The van der Waals surface area contributed by atoms with Gasteiger partial charge in [-0.2, -0.15) is 0 Å². The van der Waals surface area contributed by atoms with Crippen LogP contribution in [-0.4, -0.2) is 62.4 Å². The predicted molar refractivity (Wildman–Crippen MR) is 150 cm³/mol. The van der Waals surface area contributed by atoms with Gasteiger partial charge in [0.1, 0.15) is 28.3 Å². The van der Waals surface area contributed by atoms with Crippen LogP contribution in [0.4, 0.5) is 4.79 Å². The van der Waals surface area contributed by atoms with Gasteiger partial charge in [-0.15, -0.1) is 0 Å². The number of fused-ring (bicyclic) bond motifs is 1. The second kappa shape index (κ2) is 11.5. The van der Waals surface area contributed by atoms with Crippen LogP contribution in [0, 0.1) is 0 Å². The van der Waals surface area contributed by atoms with Crippen molar-refractivity contribution in [1.29, 1.82) is 0 Å². The molecule has 2 aliphatic rings. The zero-order valence-corrected chi connectivity index (χ0v) is 24.8. The number of aromatic nitrogens is 2. The minimum absolute atomic E-state index is 0.0540. The Balaban J connectivity index is 1.52. The molecule has 3 heterocycles. The first-order valence-electron chi connectivity index (χ1n) is 13.6. The Bertz CT molecular complexity index is 1190. The van der Waals surface area contributed by atoms with Crippen molar-refractivity contribution < 1.29 is 22.7 Å². The lowest BCUT2D eigenvalue weighted by Crippen LogP contribution is -2.33. The van der Waals surface area contributed by atoms with E-state index in [0.29, 0.717) is 25.5 Å². The number of nitrogens with one attached hydrogen (secondary N) is 1. The number of hydrogen-bond donors (Lipinski definition) is 1. The normalized spacial score (nSPS) is 22.5. The molecule has 37 heavy (non-hydrogen) atoms. The van der Waals surface area contributed by atoms with Gasteiger partial charge in [0.05, 0.1) is 11.5 Å². The summed E-state index contributed by atoms with van der Waals surface area (Å²) in [6, 6.07) is 5.56. The van der Waals surface area contributed by atoms with Crippen molar-refractivity contribution in [2.75, 3.05) is 18.1 Å². The maximum Gasteiger partial charge on any atom is 0.407 e. The van der Waals surface area contributed by atoms with Crippen LogP contribution < -0.4 is 5.32 Å². The van der Waals surface area contributed by atoms with E-state index in [4.69, 9.17) is 14.5 Å². The lowest BCUT2D eigenvalue weighted by molar-refractivity contribution is 0.0871. The van der Waals surface area contributed by atoms with Crippen LogP contribution in [0.5, 0.6) is 0 Å². The number of nitrogens with zero attached hydrogens (tertiary/aromatic N) is 2. The van der Waals surface area contributed by atoms with Crippen molar-refractivity contribution in [3.63, 3.8) is 0 Å². The zero-order chi connectivity index (χ0) is 26.8. The molecule has 0 unspecified atom stereocenters. The first-order chi connectivity index (χ1) is 17.4. The standard InChI is InChI=1S/C27H43N3O5SSi/c1-19(2)29-27(31)35-24-7-6-21(15-24)23-14-22-16-25(20-8-11-36(32,33)12-9-20)30(26(22)28-17-23)18-34-10-13-37(3,4)5/h14,16-17,19-21,24H,6-13,15,18H2,1-5H3,(H,29,31)/t21-,24+/m0/s1. The topological polar surface area (TPSA) is 99.5 Å². The first-order valence-corrected chi connectivity index (χ1v) is 19.2. The van der Waals surface area contributed by atoms with Gasteiger partial charge < -0.3 is 19.4 Å². The molecule has 8 nitrogen and oxygen atoms in total. The second-order valence-electron chi connectivity index (χ2n) is 12.3. The monoisotopic (exact) mass is 549 g/mol. The van der Waals surface area contributed by atoms with E-state index in [1.165, 1.54) is 0 Å². The molecule has 0 radical (unpaired) electrons. The lowest BCUT2D eigenvalue weighted by atomic mass is 9.97. The van der Waals surface area contributed by atoms with E-state index in [2.05, 4.69) is 41.7 Å². The van der Waals surface area contributed by atoms with E-state index in [1.54, 1.807) is 0 Å². The number of carbonyl (C=O) groups excluding carboxylic acids is 1. The van der Waals surface area contributed by atoms with Gasteiger partial charge >= 0.3 is 6.09 Å². The van der Waals surface area contributed by atoms with Gasteiger partial charge in [-0.05, 0) is 75.6 Å². The summed E-state index contributed by atoms with van der Waals surface area (Å²) >= 11 is 0. The van der Waals surface area contributed by atoms with Crippen LogP contribution in [0.15, 0.2) is 18.3 Å². The Hall–Kier alpha value is -1.91. The molecule has 2 aromatic rings. The van der Waals surface area contributed by atoms with Gasteiger partial charge in [-0.1, -0.05) is 19.6 Å². The average Bonchev–Trinajstić information content (AvgIpc) is 3.39. The third-order valence-electron chi connectivity index (χ3n) is 7.51. The Morgan fingerprint density at radius 1 is 1.14 bits per heavy atom. The Kier molecular flexibility index (Phi) is 8.70. The van der Waals surface area contributed by atoms with E-state index in [1.807, 2.05) is 20.0 Å². The molecule has 1 saturated heterocycles. The van der Waals surface area contributed by atoms with Crippen LogP contribution in [0.3, 0.4) is 0 Å². The maximum atomic E-state index is 12.1. The molecule has 1 aliphatic carbocycles. The second-order valence-corrected chi connectivity index (χ2v) is 20.2. The van der Waals surface area contributed by atoms with E-state index in [9.17, 15) is 13.2 Å². The third kappa shape index (κ3) is 7.57. The van der Waals surface area contributed by atoms with Crippen molar-refractivity contribution in [2.24, 2.45) is 0 Å². The van der Waals surface area contributed by atoms with Gasteiger partial charge in [0.25, 0.3) is 0 Å². The average molecular weight is 550 g/mol. The summed E-state index contributed by atoms with van der Waals surface area (Å²) in [4.78, 5) is 16.9. The highest BCUT2D eigenvalue weighted by Gasteiger charge is 2.31. The summed E-state index contributed by atoms with van der Waals surface area (Å²) in [5.41, 5.74) is 3.18.